The minimum absolute atomic E-state index is 0.0747. The normalized spacial score (nSPS) is 17.4. The number of ether oxygens (including phenoxy) is 1. The molecular weight excluding hydrogens is 420 g/mol. The summed E-state index contributed by atoms with van der Waals surface area (Å²) in [6.45, 7) is 1.70. The molecule has 0 radical (unpaired) electrons. The lowest BCUT2D eigenvalue weighted by Gasteiger charge is -2.41. The van der Waals surface area contributed by atoms with Crippen LogP contribution in [-0.4, -0.2) is 53.2 Å². The summed E-state index contributed by atoms with van der Waals surface area (Å²) in [5.74, 6) is -1.51. The fraction of sp³-hybridized carbons (Fsp3) is 0.423. The number of hydrogen-bond acceptors (Lipinski definition) is 4. The molecule has 2 aromatic carbocycles. The molecule has 2 N–H and O–H groups in total. The van der Waals surface area contributed by atoms with Crippen molar-refractivity contribution in [2.45, 2.75) is 56.5 Å². The topological polar surface area (TPSA) is 95.9 Å². The Morgan fingerprint density at radius 1 is 1.03 bits per heavy atom. The van der Waals surface area contributed by atoms with Crippen molar-refractivity contribution in [1.29, 1.82) is 0 Å². The van der Waals surface area contributed by atoms with Crippen LogP contribution in [0.1, 0.15) is 56.1 Å². The SMILES string of the molecule is C[C@H](NC(=O)OCC1c2ccccc2-c2ccccc21)C(=O)N(C)C1(C(=O)O)CCCCC1. The smallest absolute Gasteiger partial charge is 0.407 e. The van der Waals surface area contributed by atoms with Gasteiger partial charge in [-0.2, -0.15) is 0 Å². The van der Waals surface area contributed by atoms with Gasteiger partial charge in [0.05, 0.1) is 0 Å². The fourth-order valence-corrected chi connectivity index (χ4v) is 5.21. The van der Waals surface area contributed by atoms with Crippen molar-refractivity contribution < 1.29 is 24.2 Å². The number of rotatable bonds is 6. The van der Waals surface area contributed by atoms with E-state index in [1.807, 2.05) is 36.4 Å². The number of benzene rings is 2. The Bertz CT molecular complexity index is 1010. The quantitative estimate of drug-likeness (QED) is 0.689. The lowest BCUT2D eigenvalue weighted by molar-refractivity contribution is -0.160. The number of alkyl carbamates (subject to hydrolysis) is 1. The van der Waals surface area contributed by atoms with Gasteiger partial charge in [0, 0.05) is 13.0 Å². The van der Waals surface area contributed by atoms with Crippen LogP contribution in [0.5, 0.6) is 0 Å². The Hall–Kier alpha value is -3.35. The fourth-order valence-electron chi connectivity index (χ4n) is 5.21. The van der Waals surface area contributed by atoms with Gasteiger partial charge in [-0.15, -0.1) is 0 Å². The van der Waals surface area contributed by atoms with Crippen LogP contribution in [0.2, 0.25) is 0 Å². The number of carboxylic acid groups (broad SMARTS) is 1. The zero-order valence-electron chi connectivity index (χ0n) is 19.0. The highest BCUT2D eigenvalue weighted by Crippen LogP contribution is 2.44. The molecule has 2 aromatic rings. The highest BCUT2D eigenvalue weighted by Gasteiger charge is 2.46. The lowest BCUT2D eigenvalue weighted by atomic mass is 9.80. The van der Waals surface area contributed by atoms with Crippen molar-refractivity contribution in [3.8, 4) is 11.1 Å². The van der Waals surface area contributed by atoms with Gasteiger partial charge in [0.1, 0.15) is 18.2 Å². The highest BCUT2D eigenvalue weighted by atomic mass is 16.5. The number of carbonyl (C=O) groups is 3. The highest BCUT2D eigenvalue weighted by molar-refractivity contribution is 5.91. The number of aliphatic carboxylic acids is 1. The number of amides is 2. The number of likely N-dealkylation sites (N-methyl/N-ethyl adjacent to an activating group) is 1. The number of carboxylic acids is 1. The third-order valence-electron chi connectivity index (χ3n) is 7.10. The van der Waals surface area contributed by atoms with E-state index in [0.717, 1.165) is 41.5 Å². The molecule has 7 heteroatoms. The third kappa shape index (κ3) is 4.19. The van der Waals surface area contributed by atoms with E-state index in [2.05, 4.69) is 17.4 Å². The molecule has 0 bridgehead atoms. The van der Waals surface area contributed by atoms with Crippen molar-refractivity contribution >= 4 is 18.0 Å². The summed E-state index contributed by atoms with van der Waals surface area (Å²) in [4.78, 5) is 38.8. The molecule has 1 atom stereocenters. The van der Waals surface area contributed by atoms with Crippen LogP contribution in [0.3, 0.4) is 0 Å². The molecule has 174 valence electrons. The van der Waals surface area contributed by atoms with Gasteiger partial charge < -0.3 is 20.1 Å². The van der Waals surface area contributed by atoms with Crippen molar-refractivity contribution in [3.05, 3.63) is 59.7 Å². The minimum atomic E-state index is -1.22. The molecule has 0 aromatic heterocycles. The predicted molar refractivity (Wildman–Crippen MR) is 124 cm³/mol. The number of nitrogens with zero attached hydrogens (tertiary/aromatic N) is 1. The van der Waals surface area contributed by atoms with Crippen molar-refractivity contribution in [2.24, 2.45) is 0 Å². The molecule has 4 rings (SSSR count). The summed E-state index contributed by atoms with van der Waals surface area (Å²) in [6.07, 6.45) is 2.63. The van der Waals surface area contributed by atoms with E-state index in [-0.39, 0.29) is 12.5 Å². The molecule has 0 spiro atoms. The summed E-state index contributed by atoms with van der Waals surface area (Å²) in [5.41, 5.74) is 3.27. The van der Waals surface area contributed by atoms with E-state index in [1.165, 1.54) is 11.9 Å². The van der Waals surface area contributed by atoms with Crippen molar-refractivity contribution in [2.75, 3.05) is 13.7 Å². The second kappa shape index (κ2) is 9.25. The van der Waals surface area contributed by atoms with Gasteiger partial charge in [-0.1, -0.05) is 67.8 Å². The first-order valence-electron chi connectivity index (χ1n) is 11.5. The molecule has 33 heavy (non-hydrogen) atoms. The predicted octanol–water partition coefficient (Wildman–Crippen LogP) is 4.16. The summed E-state index contributed by atoms with van der Waals surface area (Å²) in [5, 5.41) is 12.4. The number of hydrogen-bond donors (Lipinski definition) is 2. The lowest BCUT2D eigenvalue weighted by Crippen LogP contribution is -2.60. The minimum Gasteiger partial charge on any atom is -0.479 e. The summed E-state index contributed by atoms with van der Waals surface area (Å²) < 4.78 is 5.52. The van der Waals surface area contributed by atoms with Gasteiger partial charge in [0.25, 0.3) is 0 Å². The molecule has 1 saturated carbocycles. The maximum atomic E-state index is 13.0. The second-order valence-corrected chi connectivity index (χ2v) is 8.99. The molecular formula is C26H30N2O5. The van der Waals surface area contributed by atoms with E-state index in [4.69, 9.17) is 4.74 Å². The standard InChI is InChI=1S/C26H30N2O5/c1-17(23(29)28(2)26(24(30)31)14-8-3-9-15-26)27-25(32)33-16-22-20-12-6-4-10-18(20)19-11-5-7-13-21(19)22/h4-7,10-13,17,22H,3,8-9,14-16H2,1-2H3,(H,27,32)(H,30,31)/t17-/m0/s1. The van der Waals surface area contributed by atoms with Crippen LogP contribution < -0.4 is 5.32 Å². The largest absolute Gasteiger partial charge is 0.479 e. The average Bonchev–Trinajstić information content (AvgIpc) is 3.15. The Labute approximate surface area is 193 Å². The summed E-state index contributed by atoms with van der Waals surface area (Å²) in [6, 6.07) is 15.2. The van der Waals surface area contributed by atoms with Crippen LogP contribution in [0, 0.1) is 0 Å². The zero-order valence-corrected chi connectivity index (χ0v) is 19.0. The van der Waals surface area contributed by atoms with E-state index >= 15 is 0 Å². The second-order valence-electron chi connectivity index (χ2n) is 8.99. The Kier molecular flexibility index (Phi) is 6.40. The molecule has 0 heterocycles. The molecule has 0 saturated heterocycles. The van der Waals surface area contributed by atoms with Crippen LogP contribution in [0.15, 0.2) is 48.5 Å². The van der Waals surface area contributed by atoms with Gasteiger partial charge in [-0.05, 0) is 42.0 Å². The molecule has 1 fully saturated rings. The van der Waals surface area contributed by atoms with Crippen LogP contribution in [-0.2, 0) is 14.3 Å². The molecule has 0 unspecified atom stereocenters. The zero-order chi connectivity index (χ0) is 23.6. The van der Waals surface area contributed by atoms with Gasteiger partial charge >= 0.3 is 12.1 Å². The van der Waals surface area contributed by atoms with Gasteiger partial charge in [-0.3, -0.25) is 4.79 Å². The van der Waals surface area contributed by atoms with Crippen LogP contribution in [0.25, 0.3) is 11.1 Å². The molecule has 2 aliphatic rings. The maximum absolute atomic E-state index is 13.0. The number of fused-ring (bicyclic) bond motifs is 3. The average molecular weight is 451 g/mol. The molecule has 2 aliphatic carbocycles. The van der Waals surface area contributed by atoms with Gasteiger partial charge in [0.2, 0.25) is 5.91 Å². The third-order valence-corrected chi connectivity index (χ3v) is 7.10. The molecule has 2 amide bonds. The monoisotopic (exact) mass is 450 g/mol. The molecule has 7 nitrogen and oxygen atoms in total. The van der Waals surface area contributed by atoms with E-state index in [9.17, 15) is 19.5 Å². The number of nitrogens with one attached hydrogen (secondary N) is 1. The first-order valence-corrected chi connectivity index (χ1v) is 11.5. The first-order chi connectivity index (χ1) is 15.8. The summed E-state index contributed by atoms with van der Waals surface area (Å²) in [7, 11) is 1.51. The van der Waals surface area contributed by atoms with Crippen LogP contribution >= 0.6 is 0 Å². The van der Waals surface area contributed by atoms with Gasteiger partial charge in [0.15, 0.2) is 0 Å². The van der Waals surface area contributed by atoms with E-state index < -0.39 is 29.6 Å². The van der Waals surface area contributed by atoms with Crippen molar-refractivity contribution in [3.63, 3.8) is 0 Å². The van der Waals surface area contributed by atoms with E-state index in [1.54, 1.807) is 6.92 Å². The van der Waals surface area contributed by atoms with E-state index in [0.29, 0.717) is 12.8 Å². The first kappa shape index (κ1) is 22.8. The van der Waals surface area contributed by atoms with Crippen LogP contribution in [0.4, 0.5) is 4.79 Å². The Morgan fingerprint density at radius 2 is 1.58 bits per heavy atom. The molecule has 0 aliphatic heterocycles. The van der Waals surface area contributed by atoms with Crippen molar-refractivity contribution in [1.82, 2.24) is 10.2 Å². The summed E-state index contributed by atoms with van der Waals surface area (Å²) >= 11 is 0. The maximum Gasteiger partial charge on any atom is 0.407 e. The Morgan fingerprint density at radius 3 is 2.12 bits per heavy atom. The number of carbonyl (C=O) groups excluding carboxylic acids is 2. The van der Waals surface area contributed by atoms with Gasteiger partial charge in [-0.25, -0.2) is 9.59 Å². The Balaban J connectivity index is 1.39.